The van der Waals surface area contributed by atoms with Crippen LogP contribution in [0, 0.1) is 11.8 Å². The predicted molar refractivity (Wildman–Crippen MR) is 54.1 cm³/mol. The Labute approximate surface area is 85.1 Å². The van der Waals surface area contributed by atoms with Gasteiger partial charge >= 0.3 is 5.97 Å². The summed E-state index contributed by atoms with van der Waals surface area (Å²) in [6, 6.07) is 0. The first-order valence-corrected chi connectivity index (χ1v) is 5.55. The minimum absolute atomic E-state index is 0.467. The molecule has 1 heterocycles. The van der Waals surface area contributed by atoms with Crippen LogP contribution in [-0.4, -0.2) is 34.6 Å². The summed E-state index contributed by atoms with van der Waals surface area (Å²) in [5.74, 6) is 0.801. The molecular weight excluding hydrogens is 178 g/mol. The molecule has 0 aromatic carbocycles. The molecule has 0 aromatic heterocycles. The monoisotopic (exact) mass is 197 g/mol. The van der Waals surface area contributed by atoms with Crippen LogP contribution in [0.3, 0.4) is 0 Å². The highest BCUT2D eigenvalue weighted by atomic mass is 16.4. The topological polar surface area (TPSA) is 40.5 Å². The van der Waals surface area contributed by atoms with Gasteiger partial charge in [0, 0.05) is 13.1 Å². The molecule has 3 heteroatoms. The molecule has 2 rings (SSSR count). The largest absolute Gasteiger partial charge is 0.480 e. The van der Waals surface area contributed by atoms with Crippen molar-refractivity contribution in [2.45, 2.75) is 38.6 Å². The molecule has 0 atom stereocenters. The summed E-state index contributed by atoms with van der Waals surface area (Å²) in [6.45, 7) is 6.42. The summed E-state index contributed by atoms with van der Waals surface area (Å²) < 4.78 is 0. The molecule has 0 bridgehead atoms. The lowest BCUT2D eigenvalue weighted by Gasteiger charge is -2.55. The fourth-order valence-corrected chi connectivity index (χ4v) is 2.46. The SMILES string of the molecule is CC(C)C1CN(C2(C(=O)O)CCC2)C1. The second-order valence-electron chi connectivity index (χ2n) is 5.10. The number of hydrogen-bond acceptors (Lipinski definition) is 2. The maximum absolute atomic E-state index is 11.2. The van der Waals surface area contributed by atoms with Crippen molar-refractivity contribution in [2.24, 2.45) is 11.8 Å². The molecule has 80 valence electrons. The van der Waals surface area contributed by atoms with Gasteiger partial charge in [0.15, 0.2) is 0 Å². The number of nitrogens with zero attached hydrogens (tertiary/aromatic N) is 1. The van der Waals surface area contributed by atoms with Gasteiger partial charge in [-0.05, 0) is 31.1 Å². The van der Waals surface area contributed by atoms with E-state index in [1.165, 1.54) is 0 Å². The first-order chi connectivity index (χ1) is 6.56. The number of likely N-dealkylation sites (tertiary alicyclic amines) is 1. The van der Waals surface area contributed by atoms with Gasteiger partial charge in [0.25, 0.3) is 0 Å². The van der Waals surface area contributed by atoms with Crippen molar-refractivity contribution in [3.05, 3.63) is 0 Å². The Bertz CT molecular complexity index is 240. The van der Waals surface area contributed by atoms with Crippen LogP contribution in [0.5, 0.6) is 0 Å². The Hall–Kier alpha value is -0.570. The molecule has 1 aliphatic carbocycles. The molecule has 0 amide bonds. The lowest BCUT2D eigenvalue weighted by Crippen LogP contribution is -2.67. The second kappa shape index (κ2) is 3.23. The summed E-state index contributed by atoms with van der Waals surface area (Å²) in [5.41, 5.74) is -0.467. The van der Waals surface area contributed by atoms with Gasteiger partial charge in [-0.15, -0.1) is 0 Å². The first-order valence-electron chi connectivity index (χ1n) is 5.55. The number of hydrogen-bond donors (Lipinski definition) is 1. The quantitative estimate of drug-likeness (QED) is 0.746. The molecule has 2 fully saturated rings. The first kappa shape index (κ1) is 9.97. The maximum Gasteiger partial charge on any atom is 0.324 e. The second-order valence-corrected chi connectivity index (χ2v) is 5.10. The Morgan fingerprint density at radius 3 is 2.29 bits per heavy atom. The predicted octanol–water partition coefficient (Wildman–Crippen LogP) is 1.58. The number of carboxylic acids is 1. The molecule has 2 aliphatic rings. The summed E-state index contributed by atoms with van der Waals surface area (Å²) in [4.78, 5) is 13.3. The van der Waals surface area contributed by atoms with Crippen molar-refractivity contribution in [3.8, 4) is 0 Å². The molecular formula is C11H19NO2. The van der Waals surface area contributed by atoms with E-state index in [2.05, 4.69) is 18.7 Å². The maximum atomic E-state index is 11.2. The molecule has 0 aromatic rings. The smallest absolute Gasteiger partial charge is 0.324 e. The van der Waals surface area contributed by atoms with Crippen LogP contribution in [0.4, 0.5) is 0 Å². The number of carbonyl (C=O) groups is 1. The highest BCUT2D eigenvalue weighted by molar-refractivity contribution is 5.80. The van der Waals surface area contributed by atoms with E-state index < -0.39 is 11.5 Å². The van der Waals surface area contributed by atoms with Gasteiger partial charge in [0.1, 0.15) is 5.54 Å². The van der Waals surface area contributed by atoms with Crippen LogP contribution in [0.15, 0.2) is 0 Å². The van der Waals surface area contributed by atoms with Crippen LogP contribution >= 0.6 is 0 Å². The van der Waals surface area contributed by atoms with E-state index in [0.717, 1.165) is 32.4 Å². The Balaban J connectivity index is 1.94. The summed E-state index contributed by atoms with van der Waals surface area (Å²) in [6.07, 6.45) is 2.79. The molecule has 1 saturated heterocycles. The molecule has 14 heavy (non-hydrogen) atoms. The van der Waals surface area contributed by atoms with Crippen LogP contribution in [0.1, 0.15) is 33.1 Å². The zero-order valence-electron chi connectivity index (χ0n) is 8.99. The minimum atomic E-state index is -0.606. The lowest BCUT2D eigenvalue weighted by atomic mass is 9.71. The molecule has 1 saturated carbocycles. The normalized spacial score (nSPS) is 27.1. The molecule has 0 spiro atoms. The Kier molecular flexibility index (Phi) is 2.30. The minimum Gasteiger partial charge on any atom is -0.480 e. The lowest BCUT2D eigenvalue weighted by molar-refractivity contribution is -0.167. The molecule has 0 radical (unpaired) electrons. The third kappa shape index (κ3) is 1.26. The molecule has 1 N–H and O–H groups in total. The van der Waals surface area contributed by atoms with Crippen LogP contribution in [0.25, 0.3) is 0 Å². The number of carboxylic acid groups (broad SMARTS) is 1. The Morgan fingerprint density at radius 1 is 1.43 bits per heavy atom. The number of rotatable bonds is 3. The van der Waals surface area contributed by atoms with E-state index in [4.69, 9.17) is 0 Å². The van der Waals surface area contributed by atoms with Crippen LogP contribution in [-0.2, 0) is 4.79 Å². The van der Waals surface area contributed by atoms with Crippen LogP contribution in [0.2, 0.25) is 0 Å². The van der Waals surface area contributed by atoms with E-state index in [9.17, 15) is 9.90 Å². The average Bonchev–Trinajstić information content (AvgIpc) is 1.89. The van der Waals surface area contributed by atoms with E-state index in [0.29, 0.717) is 11.8 Å². The summed E-state index contributed by atoms with van der Waals surface area (Å²) in [5, 5.41) is 9.20. The van der Waals surface area contributed by atoms with Gasteiger partial charge in [0.05, 0.1) is 0 Å². The van der Waals surface area contributed by atoms with Crippen molar-refractivity contribution in [2.75, 3.05) is 13.1 Å². The highest BCUT2D eigenvalue weighted by Crippen LogP contribution is 2.42. The standard InChI is InChI=1S/C11H19NO2/c1-8(2)9-6-12(7-9)11(10(13)14)4-3-5-11/h8-9H,3-7H2,1-2H3,(H,13,14). The molecule has 1 aliphatic heterocycles. The fraction of sp³-hybridized carbons (Fsp3) is 0.909. The zero-order valence-corrected chi connectivity index (χ0v) is 8.99. The van der Waals surface area contributed by atoms with Gasteiger partial charge < -0.3 is 5.11 Å². The molecule has 3 nitrogen and oxygen atoms in total. The third-order valence-electron chi connectivity index (χ3n) is 4.04. The van der Waals surface area contributed by atoms with E-state index in [1.807, 2.05) is 0 Å². The fourth-order valence-electron chi connectivity index (χ4n) is 2.46. The van der Waals surface area contributed by atoms with Gasteiger partial charge in [0.2, 0.25) is 0 Å². The van der Waals surface area contributed by atoms with Crippen molar-refractivity contribution < 1.29 is 9.90 Å². The zero-order chi connectivity index (χ0) is 10.3. The van der Waals surface area contributed by atoms with Gasteiger partial charge in [-0.3, -0.25) is 9.69 Å². The van der Waals surface area contributed by atoms with E-state index in [-0.39, 0.29) is 0 Å². The highest BCUT2D eigenvalue weighted by Gasteiger charge is 2.53. The van der Waals surface area contributed by atoms with Crippen molar-refractivity contribution in [1.29, 1.82) is 0 Å². The van der Waals surface area contributed by atoms with Gasteiger partial charge in [-0.2, -0.15) is 0 Å². The third-order valence-corrected chi connectivity index (χ3v) is 4.04. The van der Waals surface area contributed by atoms with Crippen molar-refractivity contribution in [1.82, 2.24) is 4.90 Å². The van der Waals surface area contributed by atoms with E-state index in [1.54, 1.807) is 0 Å². The summed E-state index contributed by atoms with van der Waals surface area (Å²) in [7, 11) is 0. The van der Waals surface area contributed by atoms with Gasteiger partial charge in [-0.25, -0.2) is 0 Å². The van der Waals surface area contributed by atoms with Gasteiger partial charge in [-0.1, -0.05) is 13.8 Å². The van der Waals surface area contributed by atoms with Crippen LogP contribution < -0.4 is 0 Å². The summed E-state index contributed by atoms with van der Waals surface area (Å²) >= 11 is 0. The Morgan fingerprint density at radius 2 is 2.00 bits per heavy atom. The van der Waals surface area contributed by atoms with E-state index >= 15 is 0 Å². The number of aliphatic carboxylic acids is 1. The average molecular weight is 197 g/mol. The molecule has 0 unspecified atom stereocenters. The van der Waals surface area contributed by atoms with Crippen molar-refractivity contribution in [3.63, 3.8) is 0 Å². The van der Waals surface area contributed by atoms with Crippen molar-refractivity contribution >= 4 is 5.97 Å².